The van der Waals surface area contributed by atoms with E-state index in [0.717, 1.165) is 0 Å². The minimum atomic E-state index is -1.02. The molecule has 3 N–H and O–H groups in total. The number of halogens is 1. The molecular formula is C31H52BrN3O8. The number of amides is 2. The maximum absolute atomic E-state index is 12.7. The van der Waals surface area contributed by atoms with Gasteiger partial charge in [0.1, 0.15) is 11.6 Å². The van der Waals surface area contributed by atoms with Crippen LogP contribution in [0.3, 0.4) is 0 Å². The normalized spacial score (nSPS) is 13.6. The van der Waals surface area contributed by atoms with Crippen molar-refractivity contribution in [3.8, 4) is 11.5 Å². The summed E-state index contributed by atoms with van der Waals surface area (Å²) in [5.41, 5.74) is -2.47. The van der Waals surface area contributed by atoms with Crippen LogP contribution >= 0.6 is 17.0 Å². The quantitative estimate of drug-likeness (QED) is 0.232. The summed E-state index contributed by atoms with van der Waals surface area (Å²) in [6, 6.07) is 3.79. The smallest absolute Gasteiger partial charge is 0.410 e. The van der Waals surface area contributed by atoms with Crippen molar-refractivity contribution in [2.24, 2.45) is 10.8 Å². The van der Waals surface area contributed by atoms with Gasteiger partial charge in [0.25, 0.3) is 0 Å². The molecule has 1 unspecified atom stereocenters. The predicted octanol–water partition coefficient (Wildman–Crippen LogP) is 4.94. The van der Waals surface area contributed by atoms with Gasteiger partial charge in [-0.3, -0.25) is 19.3 Å². The SMILES string of the molecule is Br.C[C@@H](C(=O)NCC(C)(C)NCC(O)c1ccc(OC(=O)C(C)(C)C)c(OC(=O)C(C)(C)C)c1)N(C)C(=O)OC(C)(C)C. The summed E-state index contributed by atoms with van der Waals surface area (Å²) in [6.45, 7) is 21.1. The first-order valence-corrected chi connectivity index (χ1v) is 14.1. The number of nitrogens with one attached hydrogen (secondary N) is 2. The number of esters is 2. The van der Waals surface area contributed by atoms with E-state index >= 15 is 0 Å². The zero-order valence-corrected chi connectivity index (χ0v) is 29.7. The van der Waals surface area contributed by atoms with Crippen LogP contribution in [-0.2, 0) is 19.1 Å². The Morgan fingerprint density at radius 1 is 0.860 bits per heavy atom. The van der Waals surface area contributed by atoms with Crippen molar-refractivity contribution in [1.29, 1.82) is 0 Å². The fourth-order valence-corrected chi connectivity index (χ4v) is 3.08. The molecule has 2 atom stereocenters. The van der Waals surface area contributed by atoms with E-state index in [1.54, 1.807) is 75.3 Å². The molecule has 0 saturated carbocycles. The summed E-state index contributed by atoms with van der Waals surface area (Å²) < 4.78 is 16.4. The van der Waals surface area contributed by atoms with Gasteiger partial charge in [-0.25, -0.2) is 4.79 Å². The molecule has 0 aliphatic carbocycles. The molecule has 0 aliphatic heterocycles. The second kappa shape index (κ2) is 15.3. The third-order valence-corrected chi connectivity index (χ3v) is 6.10. The third-order valence-electron chi connectivity index (χ3n) is 6.10. The lowest BCUT2D eigenvalue weighted by molar-refractivity contribution is -0.145. The van der Waals surface area contributed by atoms with Crippen LogP contribution in [-0.4, -0.2) is 71.3 Å². The van der Waals surface area contributed by atoms with Crippen LogP contribution in [0.15, 0.2) is 18.2 Å². The number of hydrogen-bond donors (Lipinski definition) is 3. The zero-order chi connectivity index (χ0) is 32.8. The lowest BCUT2D eigenvalue weighted by Gasteiger charge is -2.31. The highest BCUT2D eigenvalue weighted by Crippen LogP contribution is 2.34. The highest BCUT2D eigenvalue weighted by Gasteiger charge is 2.30. The molecule has 2 amide bonds. The Hall–Kier alpha value is -2.70. The van der Waals surface area contributed by atoms with E-state index in [9.17, 15) is 24.3 Å². The van der Waals surface area contributed by atoms with Gasteiger partial charge in [0, 0.05) is 25.7 Å². The van der Waals surface area contributed by atoms with Crippen LogP contribution in [0.1, 0.15) is 94.8 Å². The molecule has 0 fully saturated rings. The Kier molecular flexibility index (Phi) is 14.4. The van der Waals surface area contributed by atoms with Crippen molar-refractivity contribution >= 4 is 40.9 Å². The van der Waals surface area contributed by atoms with Crippen molar-refractivity contribution < 1.29 is 38.5 Å². The first-order chi connectivity index (χ1) is 18.8. The molecule has 246 valence electrons. The van der Waals surface area contributed by atoms with Gasteiger partial charge in [0.05, 0.1) is 16.9 Å². The third kappa shape index (κ3) is 13.6. The summed E-state index contributed by atoms with van der Waals surface area (Å²) in [5.74, 6) is -1.28. The van der Waals surface area contributed by atoms with Crippen molar-refractivity contribution in [3.05, 3.63) is 23.8 Å². The first-order valence-electron chi connectivity index (χ1n) is 14.1. The molecule has 0 heterocycles. The molecule has 1 aromatic carbocycles. The van der Waals surface area contributed by atoms with Crippen LogP contribution < -0.4 is 20.1 Å². The molecule has 1 aromatic rings. The average molecular weight is 675 g/mol. The van der Waals surface area contributed by atoms with Crippen LogP contribution in [0.2, 0.25) is 0 Å². The number of aliphatic hydroxyl groups is 1. The van der Waals surface area contributed by atoms with E-state index in [0.29, 0.717) is 5.56 Å². The Morgan fingerprint density at radius 3 is 1.81 bits per heavy atom. The lowest BCUT2D eigenvalue weighted by Crippen LogP contribution is -2.54. The van der Waals surface area contributed by atoms with Crippen molar-refractivity contribution in [2.45, 2.75) is 106 Å². The first kappa shape index (κ1) is 40.3. The second-order valence-corrected chi connectivity index (χ2v) is 14.3. The maximum atomic E-state index is 12.7. The molecule has 0 bridgehead atoms. The van der Waals surface area contributed by atoms with Crippen LogP contribution in [0.25, 0.3) is 0 Å². The predicted molar refractivity (Wildman–Crippen MR) is 170 cm³/mol. The number of hydrogen-bond acceptors (Lipinski definition) is 9. The van der Waals surface area contributed by atoms with E-state index in [-0.39, 0.29) is 47.5 Å². The number of carbonyl (C=O) groups excluding carboxylic acids is 4. The molecule has 11 nitrogen and oxygen atoms in total. The van der Waals surface area contributed by atoms with Crippen LogP contribution in [0.4, 0.5) is 4.79 Å². The number of β-amino-alcohol motifs (C(OH)–C–C–N with tert-alkyl or cyclic N) is 1. The fourth-order valence-electron chi connectivity index (χ4n) is 3.08. The van der Waals surface area contributed by atoms with Gasteiger partial charge in [0.2, 0.25) is 5.91 Å². The monoisotopic (exact) mass is 673 g/mol. The topological polar surface area (TPSA) is 144 Å². The highest BCUT2D eigenvalue weighted by atomic mass is 79.9. The molecular weight excluding hydrogens is 622 g/mol. The number of rotatable bonds is 10. The van der Waals surface area contributed by atoms with Crippen LogP contribution in [0.5, 0.6) is 11.5 Å². The van der Waals surface area contributed by atoms with Gasteiger partial charge in [-0.15, -0.1) is 17.0 Å². The molecule has 0 aromatic heterocycles. The average Bonchev–Trinajstić information content (AvgIpc) is 2.83. The fraction of sp³-hybridized carbons (Fsp3) is 0.677. The second-order valence-electron chi connectivity index (χ2n) is 14.3. The number of likely N-dealkylation sites (N-methyl/N-ethyl adjacent to an activating group) is 1. The number of nitrogens with zero attached hydrogens (tertiary/aromatic N) is 1. The summed E-state index contributed by atoms with van der Waals surface area (Å²) in [7, 11) is 1.50. The number of aliphatic hydroxyl groups excluding tert-OH is 1. The van der Waals surface area contributed by atoms with E-state index in [1.807, 2.05) is 13.8 Å². The van der Waals surface area contributed by atoms with Gasteiger partial charge in [-0.2, -0.15) is 0 Å². The highest BCUT2D eigenvalue weighted by molar-refractivity contribution is 8.93. The van der Waals surface area contributed by atoms with Gasteiger partial charge >= 0.3 is 18.0 Å². The largest absolute Gasteiger partial charge is 0.444 e. The summed E-state index contributed by atoms with van der Waals surface area (Å²) in [4.78, 5) is 51.4. The molecule has 0 saturated heterocycles. The number of ether oxygens (including phenoxy) is 3. The van der Waals surface area contributed by atoms with Crippen molar-refractivity contribution in [2.75, 3.05) is 20.1 Å². The zero-order valence-electron chi connectivity index (χ0n) is 28.0. The molecule has 0 aliphatic rings. The van der Waals surface area contributed by atoms with Gasteiger partial charge < -0.3 is 30.0 Å². The van der Waals surface area contributed by atoms with Crippen LogP contribution in [0, 0.1) is 10.8 Å². The molecule has 12 heteroatoms. The lowest BCUT2D eigenvalue weighted by atomic mass is 9.97. The maximum Gasteiger partial charge on any atom is 0.410 e. The molecule has 1 rings (SSSR count). The van der Waals surface area contributed by atoms with Gasteiger partial charge in [-0.1, -0.05) is 6.07 Å². The summed E-state index contributed by atoms with van der Waals surface area (Å²) >= 11 is 0. The van der Waals surface area contributed by atoms with E-state index in [2.05, 4.69) is 10.6 Å². The Morgan fingerprint density at radius 2 is 1.35 bits per heavy atom. The van der Waals surface area contributed by atoms with Crippen molar-refractivity contribution in [3.63, 3.8) is 0 Å². The van der Waals surface area contributed by atoms with E-state index < -0.39 is 52.1 Å². The standard InChI is InChI=1S/C31H51N3O8.BrH/c1-19(34(13)27(39)42-30(8,9)10)24(36)32-18-31(11,12)33-17-21(35)20-14-15-22(40-25(37)28(2,3)4)23(16-20)41-26(38)29(5,6)7;/h14-16,19,21,33,35H,17-18H2,1-13H3,(H,32,36);1H/t19-,21?;/m0./s1. The number of carbonyl (C=O) groups is 4. The van der Waals surface area contributed by atoms with E-state index in [1.165, 1.54) is 24.1 Å². The van der Waals surface area contributed by atoms with Gasteiger partial charge in [0.15, 0.2) is 11.5 Å². The minimum absolute atomic E-state index is 0. The number of benzene rings is 1. The van der Waals surface area contributed by atoms with E-state index in [4.69, 9.17) is 14.2 Å². The Labute approximate surface area is 267 Å². The molecule has 0 spiro atoms. The molecule has 0 radical (unpaired) electrons. The summed E-state index contributed by atoms with van der Waals surface area (Å²) in [5, 5.41) is 17.0. The minimum Gasteiger partial charge on any atom is -0.444 e. The molecule has 43 heavy (non-hydrogen) atoms. The summed E-state index contributed by atoms with van der Waals surface area (Å²) in [6.07, 6.45) is -1.62. The Bertz CT molecular complexity index is 1130. The van der Waals surface area contributed by atoms with Gasteiger partial charge in [-0.05, 0) is 101 Å². The van der Waals surface area contributed by atoms with Crippen molar-refractivity contribution in [1.82, 2.24) is 15.5 Å². The Balaban J connectivity index is 0.0000176.